The lowest BCUT2D eigenvalue weighted by Crippen LogP contribution is -2.40. The van der Waals surface area contributed by atoms with Gasteiger partial charge in [0.2, 0.25) is 0 Å². The third-order valence-corrected chi connectivity index (χ3v) is 4.01. The molecule has 1 aliphatic heterocycles. The van der Waals surface area contributed by atoms with Crippen LogP contribution in [-0.4, -0.2) is 19.9 Å². The summed E-state index contributed by atoms with van der Waals surface area (Å²) >= 11 is 0. The molecule has 0 bridgehead atoms. The summed E-state index contributed by atoms with van der Waals surface area (Å²) in [4.78, 5) is 0. The monoisotopic (exact) mass is 269 g/mol. The second kappa shape index (κ2) is 4.34. The fourth-order valence-electron chi connectivity index (χ4n) is 3.00. The minimum Gasteiger partial charge on any atom is -0.395 e. The van der Waals surface area contributed by atoms with Crippen molar-refractivity contribution in [2.24, 2.45) is 5.41 Å². The lowest BCUT2D eigenvalue weighted by Gasteiger charge is -2.42. The van der Waals surface area contributed by atoms with Crippen LogP contribution >= 0.6 is 0 Å². The first-order chi connectivity index (χ1) is 9.02. The summed E-state index contributed by atoms with van der Waals surface area (Å²) in [6.45, 7) is 0.956. The van der Waals surface area contributed by atoms with Crippen LogP contribution in [0.3, 0.4) is 0 Å². The topological polar surface area (TPSA) is 30.5 Å². The highest BCUT2D eigenvalue weighted by molar-refractivity contribution is 5.45. The number of nitrogens with one attached hydrogen (secondary N) is 1. The van der Waals surface area contributed by atoms with E-state index in [9.17, 15) is 8.78 Å². The zero-order valence-electron chi connectivity index (χ0n) is 10.8. The molecule has 0 spiro atoms. The molecule has 1 aromatic rings. The minimum absolute atomic E-state index is 0.116. The van der Waals surface area contributed by atoms with E-state index in [4.69, 9.17) is 0 Å². The Kier molecular flexibility index (Phi) is 2.89. The van der Waals surface area contributed by atoms with Crippen LogP contribution in [0.4, 0.5) is 8.78 Å². The molecule has 0 unspecified atom stereocenters. The first kappa shape index (κ1) is 12.7. The van der Waals surface area contributed by atoms with Gasteiger partial charge in [0.25, 0.3) is 0 Å². The Morgan fingerprint density at radius 1 is 1.21 bits per heavy atom. The number of hydrogen-bond donors (Lipinski definition) is 1. The maximum Gasteiger partial charge on any atom is 0.586 e. The first-order valence-corrected chi connectivity index (χ1v) is 6.55. The van der Waals surface area contributed by atoms with Gasteiger partial charge in [-0.25, -0.2) is 0 Å². The summed E-state index contributed by atoms with van der Waals surface area (Å²) in [5.41, 5.74) is 1.29. The summed E-state index contributed by atoms with van der Waals surface area (Å²) in [7, 11) is 1.94. The van der Waals surface area contributed by atoms with Crippen LogP contribution in [-0.2, 0) is 6.42 Å². The highest BCUT2D eigenvalue weighted by Gasteiger charge is 2.44. The molecule has 0 aromatic heterocycles. The molecule has 104 valence electrons. The molecule has 19 heavy (non-hydrogen) atoms. The first-order valence-electron chi connectivity index (χ1n) is 6.55. The average molecular weight is 269 g/mol. The fraction of sp³-hybridized carbons (Fsp3) is 0.571. The zero-order valence-corrected chi connectivity index (χ0v) is 10.8. The molecule has 1 N–H and O–H groups in total. The Morgan fingerprint density at radius 3 is 2.58 bits per heavy atom. The summed E-state index contributed by atoms with van der Waals surface area (Å²) in [6.07, 6.45) is 0.956. The van der Waals surface area contributed by atoms with Crippen molar-refractivity contribution in [3.8, 4) is 11.5 Å². The summed E-state index contributed by atoms with van der Waals surface area (Å²) < 4.78 is 34.8. The van der Waals surface area contributed by atoms with E-state index in [1.165, 1.54) is 19.3 Å². The van der Waals surface area contributed by atoms with Gasteiger partial charge in [-0.3, -0.25) is 0 Å². The van der Waals surface area contributed by atoms with Gasteiger partial charge < -0.3 is 14.8 Å². The van der Waals surface area contributed by atoms with Crippen LogP contribution in [0, 0.1) is 5.41 Å². The van der Waals surface area contributed by atoms with Crippen molar-refractivity contribution in [3.05, 3.63) is 23.8 Å². The van der Waals surface area contributed by atoms with Crippen LogP contribution in [0.1, 0.15) is 24.8 Å². The molecule has 5 heteroatoms. The highest BCUT2D eigenvalue weighted by Crippen LogP contribution is 2.46. The van der Waals surface area contributed by atoms with Crippen LogP contribution in [0.15, 0.2) is 18.2 Å². The molecule has 1 saturated carbocycles. The normalized spacial score (nSPS) is 22.1. The molecular formula is C14H17F2NO2. The second-order valence-corrected chi connectivity index (χ2v) is 5.51. The van der Waals surface area contributed by atoms with Crippen molar-refractivity contribution in [1.29, 1.82) is 0 Å². The number of halogens is 2. The summed E-state index contributed by atoms with van der Waals surface area (Å²) in [5.74, 6) is 0.256. The van der Waals surface area contributed by atoms with E-state index in [2.05, 4.69) is 14.8 Å². The predicted octanol–water partition coefficient (Wildman–Crippen LogP) is 2.94. The van der Waals surface area contributed by atoms with Crippen molar-refractivity contribution in [2.45, 2.75) is 32.0 Å². The Labute approximate surface area is 110 Å². The van der Waals surface area contributed by atoms with Gasteiger partial charge >= 0.3 is 6.29 Å². The predicted molar refractivity (Wildman–Crippen MR) is 66.6 cm³/mol. The van der Waals surface area contributed by atoms with Crippen molar-refractivity contribution in [3.63, 3.8) is 0 Å². The lowest BCUT2D eigenvalue weighted by molar-refractivity contribution is -0.286. The Balaban J connectivity index is 1.77. The average Bonchev–Trinajstić information content (AvgIpc) is 2.59. The summed E-state index contributed by atoms with van der Waals surface area (Å²) in [6, 6.07) is 5.09. The standard InChI is InChI=1S/C14H17F2NO2/c1-17-9-13(5-2-6-13)8-10-3-4-11-12(7-10)19-14(15,16)18-11/h3-4,7,17H,2,5-6,8-9H2,1H3. The van der Waals surface area contributed by atoms with Gasteiger partial charge in [-0.15, -0.1) is 8.78 Å². The Morgan fingerprint density at radius 2 is 1.95 bits per heavy atom. The molecule has 1 heterocycles. The van der Waals surface area contributed by atoms with Gasteiger partial charge in [0, 0.05) is 6.54 Å². The van der Waals surface area contributed by atoms with Gasteiger partial charge in [0.05, 0.1) is 0 Å². The molecule has 1 aliphatic carbocycles. The van der Waals surface area contributed by atoms with Crippen LogP contribution in [0.25, 0.3) is 0 Å². The second-order valence-electron chi connectivity index (χ2n) is 5.51. The SMILES string of the molecule is CNCC1(Cc2ccc3c(c2)OC(F)(F)O3)CCC1. The van der Waals surface area contributed by atoms with Gasteiger partial charge in [0.1, 0.15) is 0 Å². The van der Waals surface area contributed by atoms with Crippen molar-refractivity contribution in [2.75, 3.05) is 13.6 Å². The molecule has 1 fully saturated rings. The zero-order chi connectivity index (χ0) is 13.5. The van der Waals surface area contributed by atoms with E-state index in [0.29, 0.717) is 0 Å². The number of hydrogen-bond acceptors (Lipinski definition) is 3. The number of alkyl halides is 2. The van der Waals surface area contributed by atoms with E-state index < -0.39 is 6.29 Å². The third-order valence-electron chi connectivity index (χ3n) is 4.01. The van der Waals surface area contributed by atoms with Crippen LogP contribution < -0.4 is 14.8 Å². The molecule has 3 rings (SSSR count). The molecular weight excluding hydrogens is 252 g/mol. The fourth-order valence-corrected chi connectivity index (χ4v) is 3.00. The molecule has 0 amide bonds. The van der Waals surface area contributed by atoms with E-state index in [-0.39, 0.29) is 16.9 Å². The smallest absolute Gasteiger partial charge is 0.395 e. The van der Waals surface area contributed by atoms with Crippen LogP contribution in [0.2, 0.25) is 0 Å². The minimum atomic E-state index is -3.53. The van der Waals surface area contributed by atoms with Crippen molar-refractivity contribution >= 4 is 0 Å². The number of rotatable bonds is 4. The maximum atomic E-state index is 13.0. The molecule has 2 aliphatic rings. The number of benzene rings is 1. The largest absolute Gasteiger partial charge is 0.586 e. The highest BCUT2D eigenvalue weighted by atomic mass is 19.3. The third kappa shape index (κ3) is 2.39. The van der Waals surface area contributed by atoms with Crippen LogP contribution in [0.5, 0.6) is 11.5 Å². The molecule has 0 atom stereocenters. The number of ether oxygens (including phenoxy) is 2. The Hall–Kier alpha value is -1.36. The Bertz CT molecular complexity index is 486. The molecule has 0 saturated heterocycles. The maximum absolute atomic E-state index is 13.0. The van der Waals surface area contributed by atoms with E-state index in [1.807, 2.05) is 13.1 Å². The van der Waals surface area contributed by atoms with E-state index in [0.717, 1.165) is 18.5 Å². The molecule has 1 aromatic carbocycles. The van der Waals surface area contributed by atoms with Crippen molar-refractivity contribution in [1.82, 2.24) is 5.32 Å². The van der Waals surface area contributed by atoms with E-state index in [1.54, 1.807) is 12.1 Å². The van der Waals surface area contributed by atoms with Crippen molar-refractivity contribution < 1.29 is 18.3 Å². The lowest BCUT2D eigenvalue weighted by atomic mass is 9.65. The molecule has 0 radical (unpaired) electrons. The van der Waals surface area contributed by atoms with E-state index >= 15 is 0 Å². The number of fused-ring (bicyclic) bond motifs is 1. The summed E-state index contributed by atoms with van der Waals surface area (Å²) in [5, 5.41) is 3.22. The van der Waals surface area contributed by atoms with Gasteiger partial charge in [-0.1, -0.05) is 12.5 Å². The van der Waals surface area contributed by atoms with Gasteiger partial charge in [-0.05, 0) is 49.4 Å². The molecule has 3 nitrogen and oxygen atoms in total. The van der Waals surface area contributed by atoms with Gasteiger partial charge in [0.15, 0.2) is 11.5 Å². The van der Waals surface area contributed by atoms with Gasteiger partial charge in [-0.2, -0.15) is 0 Å². The quantitative estimate of drug-likeness (QED) is 0.911.